The van der Waals surface area contributed by atoms with Crippen LogP contribution in [-0.4, -0.2) is 49.2 Å². The van der Waals surface area contributed by atoms with Gasteiger partial charge in [0.2, 0.25) is 0 Å². The summed E-state index contributed by atoms with van der Waals surface area (Å²) in [5, 5.41) is 7.78. The molecule has 2 aromatic rings. The lowest BCUT2D eigenvalue weighted by atomic mass is 10.1. The first-order valence-electron chi connectivity index (χ1n) is 9.53. The van der Waals surface area contributed by atoms with E-state index in [2.05, 4.69) is 56.7 Å². The molecule has 154 valence electrons. The molecule has 1 aliphatic heterocycles. The molecule has 1 aliphatic rings. The predicted molar refractivity (Wildman–Crippen MR) is 126 cm³/mol. The van der Waals surface area contributed by atoms with Gasteiger partial charge in [0.15, 0.2) is 5.96 Å². The van der Waals surface area contributed by atoms with Gasteiger partial charge in [0.1, 0.15) is 5.01 Å². The molecule has 0 aliphatic carbocycles. The molecule has 0 amide bonds. The molecule has 1 saturated heterocycles. The number of nitrogens with zero attached hydrogens (tertiary/aromatic N) is 3. The van der Waals surface area contributed by atoms with Crippen LogP contribution in [0, 0.1) is 0 Å². The monoisotopic (exact) mass is 515 g/mol. The minimum absolute atomic E-state index is 0. The van der Waals surface area contributed by atoms with Crippen molar-refractivity contribution in [2.75, 3.05) is 33.4 Å². The Labute approximate surface area is 188 Å². The number of thiazole rings is 1. The smallest absolute Gasteiger partial charge is 0.191 e. The maximum atomic E-state index is 5.41. The van der Waals surface area contributed by atoms with E-state index in [4.69, 9.17) is 4.74 Å². The second-order valence-corrected chi connectivity index (χ2v) is 7.76. The zero-order valence-electron chi connectivity index (χ0n) is 16.6. The summed E-state index contributed by atoms with van der Waals surface area (Å²) in [5.41, 5.74) is 2.59. The van der Waals surface area contributed by atoms with E-state index >= 15 is 0 Å². The van der Waals surface area contributed by atoms with Crippen molar-refractivity contribution < 1.29 is 4.74 Å². The Kier molecular flexibility index (Phi) is 10.2. The summed E-state index contributed by atoms with van der Waals surface area (Å²) in [7, 11) is 1.79. The van der Waals surface area contributed by atoms with Crippen molar-refractivity contribution >= 4 is 41.3 Å². The van der Waals surface area contributed by atoms with Crippen LogP contribution in [0.1, 0.15) is 27.9 Å². The summed E-state index contributed by atoms with van der Waals surface area (Å²) < 4.78 is 5.41. The number of guanidine groups is 1. The number of benzene rings is 1. The number of aryl methyl sites for hydroxylation is 1. The number of aliphatic imine (C=N–C) groups is 1. The Balaban J connectivity index is 0.00000280. The first kappa shape index (κ1) is 23.1. The van der Waals surface area contributed by atoms with Gasteiger partial charge in [-0.25, -0.2) is 4.98 Å². The van der Waals surface area contributed by atoms with Gasteiger partial charge in [0.25, 0.3) is 0 Å². The summed E-state index contributed by atoms with van der Waals surface area (Å²) in [4.78, 5) is 12.5. The number of halogens is 1. The molecular formula is C20H30IN5OS. The normalized spacial score (nSPS) is 15.1. The molecule has 2 heterocycles. The molecule has 1 aromatic carbocycles. The zero-order chi connectivity index (χ0) is 18.9. The Bertz CT molecular complexity index is 728. The van der Waals surface area contributed by atoms with Gasteiger partial charge < -0.3 is 15.4 Å². The second-order valence-electron chi connectivity index (χ2n) is 6.56. The molecule has 6 nitrogen and oxygen atoms in total. The topological polar surface area (TPSA) is 61.8 Å². The summed E-state index contributed by atoms with van der Waals surface area (Å²) >= 11 is 1.75. The molecule has 0 atom stereocenters. The standard InChI is InChI=1S/C20H29N5OS.HI/c1-3-18-13-22-19(27-18)14-24-20(21-2)23-12-16-4-6-17(7-5-16)15-25-8-10-26-11-9-25;/h4-7,13H,3,8-12,14-15H2,1-2H3,(H2,21,23,24);1H. The van der Waals surface area contributed by atoms with Crippen LogP contribution in [0.5, 0.6) is 0 Å². The summed E-state index contributed by atoms with van der Waals surface area (Å²) in [6, 6.07) is 8.80. The predicted octanol–water partition coefficient (Wildman–Crippen LogP) is 3.02. The molecule has 2 N–H and O–H groups in total. The Morgan fingerprint density at radius 1 is 1.14 bits per heavy atom. The molecular weight excluding hydrogens is 485 g/mol. The van der Waals surface area contributed by atoms with Gasteiger partial charge in [-0.2, -0.15) is 0 Å². The minimum Gasteiger partial charge on any atom is -0.379 e. The van der Waals surface area contributed by atoms with Crippen LogP contribution in [-0.2, 0) is 30.8 Å². The van der Waals surface area contributed by atoms with E-state index in [1.54, 1.807) is 18.4 Å². The van der Waals surface area contributed by atoms with Crippen molar-refractivity contribution in [2.45, 2.75) is 33.0 Å². The molecule has 0 bridgehead atoms. The molecule has 1 aromatic heterocycles. The third-order valence-electron chi connectivity index (χ3n) is 4.57. The van der Waals surface area contributed by atoms with Gasteiger partial charge in [-0.05, 0) is 17.5 Å². The highest BCUT2D eigenvalue weighted by Crippen LogP contribution is 2.13. The number of rotatable bonds is 7. The van der Waals surface area contributed by atoms with E-state index in [0.29, 0.717) is 6.54 Å². The van der Waals surface area contributed by atoms with Crippen LogP contribution < -0.4 is 10.6 Å². The van der Waals surface area contributed by atoms with Crippen molar-refractivity contribution in [3.63, 3.8) is 0 Å². The van der Waals surface area contributed by atoms with Gasteiger partial charge >= 0.3 is 0 Å². The molecule has 0 radical (unpaired) electrons. The van der Waals surface area contributed by atoms with Gasteiger partial charge in [-0.15, -0.1) is 35.3 Å². The third kappa shape index (κ3) is 7.31. The lowest BCUT2D eigenvalue weighted by molar-refractivity contribution is 0.0342. The average Bonchev–Trinajstić information content (AvgIpc) is 3.18. The molecule has 0 unspecified atom stereocenters. The van der Waals surface area contributed by atoms with Crippen LogP contribution in [0.25, 0.3) is 0 Å². The minimum atomic E-state index is 0. The Morgan fingerprint density at radius 3 is 2.46 bits per heavy atom. The molecule has 0 spiro atoms. The fourth-order valence-corrected chi connectivity index (χ4v) is 3.74. The number of morpholine rings is 1. The number of hydrogen-bond donors (Lipinski definition) is 2. The Morgan fingerprint density at radius 2 is 1.82 bits per heavy atom. The lowest BCUT2D eigenvalue weighted by Gasteiger charge is -2.26. The zero-order valence-corrected chi connectivity index (χ0v) is 19.8. The quantitative estimate of drug-likeness (QED) is 0.338. The van der Waals surface area contributed by atoms with Crippen molar-refractivity contribution in [1.29, 1.82) is 0 Å². The van der Waals surface area contributed by atoms with E-state index in [0.717, 1.165) is 56.8 Å². The van der Waals surface area contributed by atoms with Crippen LogP contribution in [0.15, 0.2) is 35.5 Å². The summed E-state index contributed by atoms with van der Waals surface area (Å²) in [6.07, 6.45) is 2.99. The van der Waals surface area contributed by atoms with Crippen molar-refractivity contribution in [2.24, 2.45) is 4.99 Å². The van der Waals surface area contributed by atoms with E-state index in [1.807, 2.05) is 6.20 Å². The number of aromatic nitrogens is 1. The first-order valence-corrected chi connectivity index (χ1v) is 10.3. The van der Waals surface area contributed by atoms with E-state index in [1.165, 1.54) is 16.0 Å². The number of nitrogens with one attached hydrogen (secondary N) is 2. The SMILES string of the molecule is CCc1cnc(CNC(=NC)NCc2ccc(CN3CCOCC3)cc2)s1.I. The van der Waals surface area contributed by atoms with Gasteiger partial charge in [-0.3, -0.25) is 9.89 Å². The van der Waals surface area contributed by atoms with Crippen LogP contribution in [0.4, 0.5) is 0 Å². The molecule has 3 rings (SSSR count). The third-order valence-corrected chi connectivity index (χ3v) is 5.72. The fourth-order valence-electron chi connectivity index (χ4n) is 2.94. The maximum Gasteiger partial charge on any atom is 0.191 e. The summed E-state index contributed by atoms with van der Waals surface area (Å²) in [5.74, 6) is 0.792. The highest BCUT2D eigenvalue weighted by Gasteiger charge is 2.10. The highest BCUT2D eigenvalue weighted by atomic mass is 127. The van der Waals surface area contributed by atoms with E-state index < -0.39 is 0 Å². The fraction of sp³-hybridized carbons (Fsp3) is 0.500. The van der Waals surface area contributed by atoms with Crippen LogP contribution in [0.2, 0.25) is 0 Å². The van der Waals surface area contributed by atoms with Gasteiger partial charge in [-0.1, -0.05) is 31.2 Å². The van der Waals surface area contributed by atoms with Crippen molar-refractivity contribution in [3.8, 4) is 0 Å². The molecule has 0 saturated carbocycles. The van der Waals surface area contributed by atoms with E-state index in [9.17, 15) is 0 Å². The van der Waals surface area contributed by atoms with Gasteiger partial charge in [0, 0.05) is 44.3 Å². The van der Waals surface area contributed by atoms with Crippen molar-refractivity contribution in [3.05, 3.63) is 51.5 Å². The second kappa shape index (κ2) is 12.4. The number of ether oxygens (including phenoxy) is 1. The molecule has 1 fully saturated rings. The van der Waals surface area contributed by atoms with Crippen LogP contribution in [0.3, 0.4) is 0 Å². The largest absolute Gasteiger partial charge is 0.379 e. The Hall–Kier alpha value is -1.23. The molecule has 8 heteroatoms. The summed E-state index contributed by atoms with van der Waals surface area (Å²) in [6.45, 7) is 8.31. The van der Waals surface area contributed by atoms with Crippen molar-refractivity contribution in [1.82, 2.24) is 20.5 Å². The van der Waals surface area contributed by atoms with Crippen LogP contribution >= 0.6 is 35.3 Å². The van der Waals surface area contributed by atoms with E-state index in [-0.39, 0.29) is 24.0 Å². The van der Waals surface area contributed by atoms with Gasteiger partial charge in [0.05, 0.1) is 19.8 Å². The maximum absolute atomic E-state index is 5.41. The average molecular weight is 515 g/mol. The molecule has 28 heavy (non-hydrogen) atoms. The first-order chi connectivity index (χ1) is 13.3. The lowest BCUT2D eigenvalue weighted by Crippen LogP contribution is -2.36. The number of hydrogen-bond acceptors (Lipinski definition) is 5. The highest BCUT2D eigenvalue weighted by molar-refractivity contribution is 14.0.